The Labute approximate surface area is 384 Å². The predicted octanol–water partition coefficient (Wildman–Crippen LogP) is 13.4. The number of hydrogen-bond donors (Lipinski definition) is 2. The molecule has 6 nitrogen and oxygen atoms in total. The van der Waals surface area contributed by atoms with Crippen molar-refractivity contribution >= 4 is 19.4 Å². The molecule has 4 atom stereocenters. The van der Waals surface area contributed by atoms with Gasteiger partial charge in [0.2, 0.25) is 0 Å². The number of likely N-dealkylation sites (N-methyl/N-ethyl adjacent to an activating group) is 2. The molecule has 0 radical (unpaired) electrons. The van der Waals surface area contributed by atoms with E-state index in [4.69, 9.17) is 14.8 Å². The van der Waals surface area contributed by atoms with Crippen molar-refractivity contribution in [1.82, 2.24) is 10.6 Å². The number of nitrogens with zero attached hydrogens (tertiary/aromatic N) is 2. The fourth-order valence-electron chi connectivity index (χ4n) is 7.09. The molecule has 4 aromatic rings. The molecule has 4 aromatic carbocycles. The van der Waals surface area contributed by atoms with Crippen LogP contribution < -0.4 is 20.1 Å². The van der Waals surface area contributed by atoms with E-state index in [2.05, 4.69) is 140 Å². The quantitative estimate of drug-likeness (QED) is 0.0628. The molecular formula is C48H74Cl2N4O2Ru2+2. The summed E-state index contributed by atoms with van der Waals surface area (Å²) < 4.78 is 11.2. The number of methoxy groups -OCH3 is 2. The summed E-state index contributed by atoms with van der Waals surface area (Å²) in [5.74, 6) is 1.78. The van der Waals surface area contributed by atoms with Crippen molar-refractivity contribution in [2.75, 3.05) is 41.4 Å². The van der Waals surface area contributed by atoms with Crippen molar-refractivity contribution in [1.29, 1.82) is 0 Å². The van der Waals surface area contributed by atoms with Gasteiger partial charge in [0.05, 0.1) is 14.2 Å². The first-order valence-electron chi connectivity index (χ1n) is 18.8. The molecule has 58 heavy (non-hydrogen) atoms. The number of hydrogen-bond acceptors (Lipinski definition) is 4. The number of rotatable bonds is 17. The molecule has 2 N–H and O–H groups in total. The van der Waals surface area contributed by atoms with Gasteiger partial charge in [-0.2, -0.15) is 14.1 Å². The van der Waals surface area contributed by atoms with E-state index in [1.54, 1.807) is 14.2 Å². The second-order valence-electron chi connectivity index (χ2n) is 13.5. The van der Waals surface area contributed by atoms with Crippen LogP contribution in [-0.4, -0.2) is 53.5 Å². The summed E-state index contributed by atoms with van der Waals surface area (Å²) in [5, 5.41) is 16.7. The molecule has 0 spiro atoms. The third kappa shape index (κ3) is 21.1. The average molecular weight is 1010 g/mol. The number of ether oxygens (including phenoxy) is 2. The zero-order valence-corrected chi connectivity index (χ0v) is 39.8. The van der Waals surface area contributed by atoms with Crippen LogP contribution in [-0.2, 0) is 47.5 Å². The van der Waals surface area contributed by atoms with Crippen molar-refractivity contribution in [2.24, 2.45) is 0 Å². The number of benzene rings is 4. The maximum absolute atomic E-state index is 5.61. The van der Waals surface area contributed by atoms with Gasteiger partial charge in [0.25, 0.3) is 0 Å². The van der Waals surface area contributed by atoms with E-state index in [-0.39, 0.29) is 41.8 Å². The Morgan fingerprint density at radius 1 is 0.690 bits per heavy atom. The Hall–Kier alpha value is -1.85. The second-order valence-corrected chi connectivity index (χ2v) is 13.5. The Morgan fingerprint density at radius 3 is 1.72 bits per heavy atom. The number of nitrogens with one attached hydrogen (secondary N) is 2. The van der Waals surface area contributed by atoms with Crippen molar-refractivity contribution < 1.29 is 44.1 Å². The first-order chi connectivity index (χ1) is 26.5. The summed E-state index contributed by atoms with van der Waals surface area (Å²) in [6, 6.07) is 35.4. The van der Waals surface area contributed by atoms with E-state index in [0.717, 1.165) is 48.6 Å². The molecule has 326 valence electrons. The van der Waals surface area contributed by atoms with Gasteiger partial charge in [0.1, 0.15) is 11.5 Å². The Kier molecular flexibility index (Phi) is 38.5. The molecule has 1 aliphatic carbocycles. The summed E-state index contributed by atoms with van der Waals surface area (Å²) in [6.07, 6.45) is 9.51. The van der Waals surface area contributed by atoms with Crippen molar-refractivity contribution in [3.8, 4) is 11.5 Å². The van der Waals surface area contributed by atoms with Crippen LogP contribution in [0.25, 0.3) is 10.6 Å². The van der Waals surface area contributed by atoms with Gasteiger partial charge in [-0.3, -0.25) is 0 Å². The van der Waals surface area contributed by atoms with Crippen molar-refractivity contribution in [2.45, 2.75) is 104 Å². The Morgan fingerprint density at radius 2 is 1.21 bits per heavy atom. The van der Waals surface area contributed by atoms with Crippen molar-refractivity contribution in [3.05, 3.63) is 156 Å². The van der Waals surface area contributed by atoms with E-state index >= 15 is 0 Å². The zero-order chi connectivity index (χ0) is 39.6. The first-order valence-corrected chi connectivity index (χ1v) is 23.2. The van der Waals surface area contributed by atoms with Crippen LogP contribution in [0.4, 0.5) is 0 Å². The molecule has 0 saturated heterocycles. The van der Waals surface area contributed by atoms with Gasteiger partial charge in [0, 0.05) is 11.6 Å². The molecule has 4 unspecified atom stereocenters. The second kappa shape index (κ2) is 37.0. The minimum atomic E-state index is 0. The molecule has 0 amide bonds. The van der Waals surface area contributed by atoms with Gasteiger partial charge >= 0.3 is 54.0 Å². The number of halogens is 2. The molecule has 1 saturated carbocycles. The average Bonchev–Trinajstić information content (AvgIpc) is 3.24. The van der Waals surface area contributed by atoms with Crippen LogP contribution in [0.15, 0.2) is 97.1 Å². The zero-order valence-electron chi connectivity index (χ0n) is 34.8. The molecule has 10 heteroatoms. The van der Waals surface area contributed by atoms with Crippen molar-refractivity contribution in [3.63, 3.8) is 0 Å². The van der Waals surface area contributed by atoms with E-state index in [1.807, 2.05) is 54.8 Å². The van der Waals surface area contributed by atoms with Crippen LogP contribution in [0.1, 0.15) is 98.8 Å². The molecule has 1 fully saturated rings. The standard InChI is InChI=1S/C27H33N2O2.C17H27N2.2CH4.2CH3.2ClH.2Ru/c1-20-18-24(30-3)23(25(19-20)31-4)16-11-17-29-27(22-14-9-6-10-15-22)26(28-2)21-12-7-5-8-13-21;1-14-9-11-15(12-10-14)6-5-13-19-17-8-4-3-7-16(17)18-2;;;;;;;;/h5-10,12-15,18-19,26-27,29H,11,16-17H2,1-4H3;9-12,16-17,19H,3-8,13H2,1-2H3;2*1H4;2*1H3;2*1H;;/q2*-1;;;2*-1;;;2*+4/p-2. The predicted molar refractivity (Wildman–Crippen MR) is 249 cm³/mol. The SMILES string of the molecule is C.C.C[N-]C(c1ccccc1)C(NCCCc1c(OC)cc(C)cc1OC)c1ccccc1.C[N-]C1CCCCC1NCCCc1ccc(C)cc1.[CH3-].[CH3-].[Cl][Ru+3].[Cl][Ru+3]. The normalized spacial score (nSPS) is 14.8. The van der Waals surface area contributed by atoms with Gasteiger partial charge in [-0.25, -0.2) is 0 Å². The fourth-order valence-corrected chi connectivity index (χ4v) is 7.09. The van der Waals surface area contributed by atoms with Crippen LogP contribution in [0.3, 0.4) is 0 Å². The minimum absolute atomic E-state index is 0. The van der Waals surface area contributed by atoms with Gasteiger partial charge in [-0.1, -0.05) is 136 Å². The monoisotopic (exact) mass is 1010 g/mol. The topological polar surface area (TPSA) is 70.7 Å². The maximum atomic E-state index is 5.61. The summed E-state index contributed by atoms with van der Waals surface area (Å²) in [6.45, 7) is 6.17. The van der Waals surface area contributed by atoms with E-state index in [9.17, 15) is 0 Å². The molecular weight excluding hydrogens is 938 g/mol. The Bertz CT molecular complexity index is 1500. The molecule has 5 rings (SSSR count). The van der Waals surface area contributed by atoms with Crippen LogP contribution >= 0.6 is 19.4 Å². The van der Waals surface area contributed by atoms with Gasteiger partial charge < -0.3 is 45.6 Å². The van der Waals surface area contributed by atoms with Crippen LogP contribution in [0.2, 0.25) is 0 Å². The van der Waals surface area contributed by atoms with Gasteiger partial charge in [-0.05, 0) is 93.9 Å². The fraction of sp³-hybridized carbons (Fsp3) is 0.458. The summed E-state index contributed by atoms with van der Waals surface area (Å²) in [4.78, 5) is 0. The van der Waals surface area contributed by atoms with Crippen LogP contribution in [0, 0.1) is 28.7 Å². The summed E-state index contributed by atoms with van der Waals surface area (Å²) in [5.41, 5.74) is 7.51. The van der Waals surface area contributed by atoms with Gasteiger partial charge in [-0.15, -0.1) is 6.04 Å². The van der Waals surface area contributed by atoms with Gasteiger partial charge in [0.15, 0.2) is 0 Å². The number of aryl methyl sites for hydroxylation is 3. The third-order valence-electron chi connectivity index (χ3n) is 9.84. The molecule has 0 bridgehead atoms. The van der Waals surface area contributed by atoms with E-state index in [0.29, 0.717) is 12.1 Å². The molecule has 0 heterocycles. The summed E-state index contributed by atoms with van der Waals surface area (Å²) >= 11 is 3.64. The van der Waals surface area contributed by atoms with E-state index in [1.165, 1.54) is 60.8 Å². The first kappa shape index (κ1) is 60.5. The molecule has 0 aliphatic heterocycles. The third-order valence-corrected chi connectivity index (χ3v) is 9.84. The molecule has 1 aliphatic rings. The van der Waals surface area contributed by atoms with Crippen LogP contribution in [0.5, 0.6) is 11.5 Å². The summed E-state index contributed by atoms with van der Waals surface area (Å²) in [7, 11) is 16.4. The molecule has 0 aromatic heterocycles. The Balaban J connectivity index is -0.000000974. The van der Waals surface area contributed by atoms with E-state index < -0.39 is 0 Å².